The molecule has 1 aromatic rings. The van der Waals surface area contributed by atoms with Gasteiger partial charge in [0.25, 0.3) is 0 Å². The maximum absolute atomic E-state index is 6.17. The first kappa shape index (κ1) is 11.6. The summed E-state index contributed by atoms with van der Waals surface area (Å²) in [4.78, 5) is 2.51. The highest BCUT2D eigenvalue weighted by molar-refractivity contribution is 5.14. The molecule has 0 radical (unpaired) electrons. The SMILES string of the molecule is C[C@@H]1C[C@H](N)[C@H](C)N(Cc2ccccc2)C1. The highest BCUT2D eigenvalue weighted by Crippen LogP contribution is 2.22. The zero-order valence-electron chi connectivity index (χ0n) is 10.3. The van der Waals surface area contributed by atoms with E-state index in [0.29, 0.717) is 12.1 Å². The summed E-state index contributed by atoms with van der Waals surface area (Å²) in [5.74, 6) is 0.718. The summed E-state index contributed by atoms with van der Waals surface area (Å²) >= 11 is 0. The van der Waals surface area contributed by atoms with Gasteiger partial charge in [-0.3, -0.25) is 4.90 Å². The van der Waals surface area contributed by atoms with Crippen LogP contribution < -0.4 is 5.73 Å². The average Bonchev–Trinajstić information content (AvgIpc) is 2.27. The molecule has 1 aromatic carbocycles. The Morgan fingerprint density at radius 2 is 1.94 bits per heavy atom. The van der Waals surface area contributed by atoms with Crippen molar-refractivity contribution in [1.82, 2.24) is 4.90 Å². The van der Waals surface area contributed by atoms with Crippen LogP contribution >= 0.6 is 0 Å². The van der Waals surface area contributed by atoms with Crippen LogP contribution in [0.25, 0.3) is 0 Å². The fourth-order valence-corrected chi connectivity index (χ4v) is 2.60. The monoisotopic (exact) mass is 218 g/mol. The molecule has 1 heterocycles. The Hall–Kier alpha value is -0.860. The standard InChI is InChI=1S/C14H22N2/c1-11-8-14(15)12(2)16(9-11)10-13-6-4-3-5-7-13/h3-7,11-12,14H,8-10,15H2,1-2H3/t11-,12+,14+/m1/s1. The molecule has 0 amide bonds. The van der Waals surface area contributed by atoms with Crippen LogP contribution in [-0.2, 0) is 6.54 Å². The Morgan fingerprint density at radius 1 is 1.25 bits per heavy atom. The van der Waals surface area contributed by atoms with Crippen molar-refractivity contribution in [2.75, 3.05) is 6.54 Å². The molecule has 0 aromatic heterocycles. The van der Waals surface area contributed by atoms with Gasteiger partial charge in [-0.1, -0.05) is 37.3 Å². The lowest BCUT2D eigenvalue weighted by Gasteiger charge is -2.40. The largest absolute Gasteiger partial charge is 0.326 e. The summed E-state index contributed by atoms with van der Waals surface area (Å²) in [6.07, 6.45) is 1.16. The first-order valence-electron chi connectivity index (χ1n) is 6.20. The van der Waals surface area contributed by atoms with Crippen molar-refractivity contribution in [3.05, 3.63) is 35.9 Å². The number of hydrogen-bond donors (Lipinski definition) is 1. The number of likely N-dealkylation sites (tertiary alicyclic amines) is 1. The summed E-state index contributed by atoms with van der Waals surface area (Å²) in [6, 6.07) is 11.5. The molecule has 0 unspecified atom stereocenters. The topological polar surface area (TPSA) is 29.3 Å². The summed E-state index contributed by atoms with van der Waals surface area (Å²) < 4.78 is 0. The number of benzene rings is 1. The maximum atomic E-state index is 6.17. The van der Waals surface area contributed by atoms with E-state index in [9.17, 15) is 0 Å². The molecule has 88 valence electrons. The Kier molecular flexibility index (Phi) is 3.62. The third kappa shape index (κ3) is 2.63. The molecule has 1 fully saturated rings. The normalized spacial score (nSPS) is 31.6. The number of piperidine rings is 1. The molecule has 0 saturated carbocycles. The first-order chi connectivity index (χ1) is 7.66. The van der Waals surface area contributed by atoms with Gasteiger partial charge in [0.05, 0.1) is 0 Å². The Balaban J connectivity index is 2.03. The van der Waals surface area contributed by atoms with Crippen LogP contribution in [-0.4, -0.2) is 23.5 Å². The van der Waals surface area contributed by atoms with Gasteiger partial charge in [0.15, 0.2) is 0 Å². The molecule has 2 rings (SSSR count). The second kappa shape index (κ2) is 4.98. The van der Waals surface area contributed by atoms with Crippen molar-refractivity contribution < 1.29 is 0 Å². The van der Waals surface area contributed by atoms with E-state index in [2.05, 4.69) is 49.1 Å². The molecular formula is C14H22N2. The lowest BCUT2D eigenvalue weighted by atomic mass is 9.90. The molecular weight excluding hydrogens is 196 g/mol. The zero-order valence-corrected chi connectivity index (χ0v) is 10.3. The second-order valence-electron chi connectivity index (χ2n) is 5.16. The van der Waals surface area contributed by atoms with Crippen molar-refractivity contribution in [2.45, 2.75) is 38.9 Å². The smallest absolute Gasteiger partial charge is 0.0237 e. The number of nitrogens with two attached hydrogens (primary N) is 1. The van der Waals surface area contributed by atoms with E-state index in [1.165, 1.54) is 12.1 Å². The number of hydrogen-bond acceptors (Lipinski definition) is 2. The molecule has 2 heteroatoms. The van der Waals surface area contributed by atoms with Crippen LogP contribution in [0.3, 0.4) is 0 Å². The first-order valence-corrected chi connectivity index (χ1v) is 6.20. The van der Waals surface area contributed by atoms with Gasteiger partial charge in [-0.2, -0.15) is 0 Å². The zero-order chi connectivity index (χ0) is 11.5. The molecule has 0 spiro atoms. The van der Waals surface area contributed by atoms with Crippen molar-refractivity contribution in [3.63, 3.8) is 0 Å². The molecule has 1 saturated heterocycles. The Bertz CT molecular complexity index is 323. The van der Waals surface area contributed by atoms with E-state index in [1.54, 1.807) is 0 Å². The van der Waals surface area contributed by atoms with E-state index in [0.717, 1.165) is 18.9 Å². The van der Waals surface area contributed by atoms with Crippen LogP contribution in [0.4, 0.5) is 0 Å². The molecule has 0 bridgehead atoms. The lowest BCUT2D eigenvalue weighted by molar-refractivity contribution is 0.0986. The average molecular weight is 218 g/mol. The highest BCUT2D eigenvalue weighted by atomic mass is 15.2. The van der Waals surface area contributed by atoms with E-state index in [4.69, 9.17) is 5.73 Å². The van der Waals surface area contributed by atoms with Gasteiger partial charge < -0.3 is 5.73 Å². The predicted molar refractivity (Wildman–Crippen MR) is 68.1 cm³/mol. The molecule has 1 aliphatic heterocycles. The van der Waals surface area contributed by atoms with Crippen LogP contribution in [0.1, 0.15) is 25.8 Å². The van der Waals surface area contributed by atoms with Crippen LogP contribution in [0.2, 0.25) is 0 Å². The summed E-state index contributed by atoms with van der Waals surface area (Å²) in [5.41, 5.74) is 7.56. The summed E-state index contributed by atoms with van der Waals surface area (Å²) in [7, 11) is 0. The second-order valence-corrected chi connectivity index (χ2v) is 5.16. The van der Waals surface area contributed by atoms with E-state index < -0.39 is 0 Å². The third-order valence-corrected chi connectivity index (χ3v) is 3.64. The predicted octanol–water partition coefficient (Wildman–Crippen LogP) is 2.24. The molecule has 16 heavy (non-hydrogen) atoms. The minimum atomic E-state index is 0.326. The minimum absolute atomic E-state index is 0.326. The number of nitrogens with zero attached hydrogens (tertiary/aromatic N) is 1. The molecule has 3 atom stereocenters. The van der Waals surface area contributed by atoms with Crippen molar-refractivity contribution >= 4 is 0 Å². The molecule has 1 aliphatic rings. The summed E-state index contributed by atoms with van der Waals surface area (Å²) in [5, 5.41) is 0. The molecule has 2 nitrogen and oxygen atoms in total. The van der Waals surface area contributed by atoms with Crippen LogP contribution in [0.5, 0.6) is 0 Å². The minimum Gasteiger partial charge on any atom is -0.326 e. The van der Waals surface area contributed by atoms with Crippen molar-refractivity contribution in [3.8, 4) is 0 Å². The number of rotatable bonds is 2. The Morgan fingerprint density at radius 3 is 2.62 bits per heavy atom. The molecule has 2 N–H and O–H groups in total. The van der Waals surface area contributed by atoms with Crippen LogP contribution in [0, 0.1) is 5.92 Å². The van der Waals surface area contributed by atoms with Gasteiger partial charge in [-0.15, -0.1) is 0 Å². The van der Waals surface area contributed by atoms with Crippen LogP contribution in [0.15, 0.2) is 30.3 Å². The van der Waals surface area contributed by atoms with Gasteiger partial charge >= 0.3 is 0 Å². The van der Waals surface area contributed by atoms with Gasteiger partial charge in [0.2, 0.25) is 0 Å². The van der Waals surface area contributed by atoms with Gasteiger partial charge in [0, 0.05) is 25.2 Å². The van der Waals surface area contributed by atoms with E-state index >= 15 is 0 Å². The van der Waals surface area contributed by atoms with Gasteiger partial charge in [-0.25, -0.2) is 0 Å². The quantitative estimate of drug-likeness (QED) is 0.825. The molecule has 0 aliphatic carbocycles. The highest BCUT2D eigenvalue weighted by Gasteiger charge is 2.28. The third-order valence-electron chi connectivity index (χ3n) is 3.64. The van der Waals surface area contributed by atoms with E-state index in [-0.39, 0.29) is 0 Å². The maximum Gasteiger partial charge on any atom is 0.0237 e. The fourth-order valence-electron chi connectivity index (χ4n) is 2.60. The van der Waals surface area contributed by atoms with Crippen molar-refractivity contribution in [1.29, 1.82) is 0 Å². The van der Waals surface area contributed by atoms with Gasteiger partial charge in [0.1, 0.15) is 0 Å². The Labute approximate surface area is 98.4 Å². The van der Waals surface area contributed by atoms with Crippen molar-refractivity contribution in [2.24, 2.45) is 11.7 Å². The van der Waals surface area contributed by atoms with Gasteiger partial charge in [-0.05, 0) is 24.8 Å². The lowest BCUT2D eigenvalue weighted by Crippen LogP contribution is -2.52. The summed E-state index contributed by atoms with van der Waals surface area (Å²) in [6.45, 7) is 6.74. The van der Waals surface area contributed by atoms with E-state index in [1.807, 2.05) is 0 Å². The fraction of sp³-hybridized carbons (Fsp3) is 0.571.